The van der Waals surface area contributed by atoms with Gasteiger partial charge < -0.3 is 10.5 Å². The van der Waals surface area contributed by atoms with Crippen molar-refractivity contribution in [2.75, 3.05) is 6.61 Å². The summed E-state index contributed by atoms with van der Waals surface area (Å²) in [6.07, 6.45) is 4.09. The lowest BCUT2D eigenvalue weighted by molar-refractivity contribution is 0.298. The first-order valence-electron chi connectivity index (χ1n) is 7.19. The van der Waals surface area contributed by atoms with E-state index in [-0.39, 0.29) is 6.04 Å². The number of benzene rings is 1. The largest absolute Gasteiger partial charge is 0.492 e. The summed E-state index contributed by atoms with van der Waals surface area (Å²) in [4.78, 5) is 0. The maximum Gasteiger partial charge on any atom is 0.137 e. The summed E-state index contributed by atoms with van der Waals surface area (Å²) in [5.41, 5.74) is 7.12. The van der Waals surface area contributed by atoms with Gasteiger partial charge in [-0.1, -0.05) is 38.4 Å². The molecule has 0 aromatic heterocycles. The van der Waals surface area contributed by atoms with Gasteiger partial charge in [-0.15, -0.1) is 0 Å². The smallest absolute Gasteiger partial charge is 0.137 e. The lowest BCUT2D eigenvalue weighted by Gasteiger charge is -2.12. The molecule has 108 valence electrons. The van der Waals surface area contributed by atoms with Crippen molar-refractivity contribution in [3.8, 4) is 5.75 Å². The van der Waals surface area contributed by atoms with Gasteiger partial charge in [0.15, 0.2) is 0 Å². The van der Waals surface area contributed by atoms with Gasteiger partial charge in [0.2, 0.25) is 0 Å². The van der Waals surface area contributed by atoms with Crippen molar-refractivity contribution in [1.82, 2.24) is 0 Å². The van der Waals surface area contributed by atoms with Crippen molar-refractivity contribution in [3.63, 3.8) is 0 Å². The predicted molar refractivity (Wildman–Crippen MR) is 83.0 cm³/mol. The number of hydrogen-bond acceptors (Lipinski definition) is 2. The van der Waals surface area contributed by atoms with E-state index in [1.165, 1.54) is 12.0 Å². The maximum absolute atomic E-state index is 6.23. The van der Waals surface area contributed by atoms with Crippen LogP contribution in [0.25, 0.3) is 0 Å². The normalized spacial score (nSPS) is 12.7. The fourth-order valence-corrected chi connectivity index (χ4v) is 2.17. The van der Waals surface area contributed by atoms with Crippen LogP contribution >= 0.6 is 11.6 Å². The number of ether oxygens (including phenoxy) is 1. The minimum Gasteiger partial charge on any atom is -0.492 e. The highest BCUT2D eigenvalue weighted by molar-refractivity contribution is 6.32. The minimum atomic E-state index is 0.203. The van der Waals surface area contributed by atoms with Gasteiger partial charge in [0, 0.05) is 6.04 Å². The van der Waals surface area contributed by atoms with Crippen molar-refractivity contribution in [2.45, 2.75) is 52.5 Å². The third kappa shape index (κ3) is 6.31. The second-order valence-corrected chi connectivity index (χ2v) is 5.93. The van der Waals surface area contributed by atoms with E-state index in [4.69, 9.17) is 22.1 Å². The van der Waals surface area contributed by atoms with E-state index >= 15 is 0 Å². The SMILES string of the molecule is CCC(N)Cc1ccc(OCCCC(C)C)c(Cl)c1. The Balaban J connectivity index is 2.48. The average Bonchev–Trinajstić information content (AvgIpc) is 2.36. The molecule has 2 N–H and O–H groups in total. The molecule has 0 aliphatic rings. The van der Waals surface area contributed by atoms with Gasteiger partial charge >= 0.3 is 0 Å². The van der Waals surface area contributed by atoms with Gasteiger partial charge in [-0.2, -0.15) is 0 Å². The Hall–Kier alpha value is -0.730. The second-order valence-electron chi connectivity index (χ2n) is 5.52. The van der Waals surface area contributed by atoms with Crippen LogP contribution in [0.1, 0.15) is 45.6 Å². The van der Waals surface area contributed by atoms with Crippen LogP contribution in [0.4, 0.5) is 0 Å². The molecule has 0 saturated carbocycles. The van der Waals surface area contributed by atoms with Crippen LogP contribution < -0.4 is 10.5 Å². The molecule has 0 aliphatic heterocycles. The quantitative estimate of drug-likeness (QED) is 0.716. The predicted octanol–water partition coefficient (Wildman–Crippen LogP) is 4.43. The van der Waals surface area contributed by atoms with Crippen LogP contribution in [-0.4, -0.2) is 12.6 Å². The highest BCUT2D eigenvalue weighted by Gasteiger charge is 2.06. The molecule has 1 rings (SSSR count). The summed E-state index contributed by atoms with van der Waals surface area (Å²) in [6, 6.07) is 6.18. The molecule has 0 radical (unpaired) electrons. The van der Waals surface area contributed by atoms with Gasteiger partial charge in [0.05, 0.1) is 11.6 Å². The standard InChI is InChI=1S/C16H26ClNO/c1-4-14(18)10-13-7-8-16(15(17)11-13)19-9-5-6-12(2)3/h7-8,11-12,14H,4-6,9-10,18H2,1-3H3. The Labute approximate surface area is 122 Å². The number of hydrogen-bond donors (Lipinski definition) is 1. The van der Waals surface area contributed by atoms with Gasteiger partial charge in [-0.05, 0) is 49.3 Å². The van der Waals surface area contributed by atoms with E-state index in [0.717, 1.165) is 37.5 Å². The van der Waals surface area contributed by atoms with Crippen LogP contribution in [0.2, 0.25) is 5.02 Å². The Morgan fingerprint density at radius 3 is 2.63 bits per heavy atom. The Morgan fingerprint density at radius 1 is 1.32 bits per heavy atom. The molecule has 0 spiro atoms. The molecule has 1 unspecified atom stereocenters. The van der Waals surface area contributed by atoms with Gasteiger partial charge in [0.25, 0.3) is 0 Å². The van der Waals surface area contributed by atoms with Crippen molar-refractivity contribution >= 4 is 11.6 Å². The molecule has 0 aliphatic carbocycles. The summed E-state index contributed by atoms with van der Waals surface area (Å²) in [7, 11) is 0. The molecule has 0 amide bonds. The highest BCUT2D eigenvalue weighted by Crippen LogP contribution is 2.26. The Morgan fingerprint density at radius 2 is 2.05 bits per heavy atom. The Bertz CT molecular complexity index is 379. The van der Waals surface area contributed by atoms with E-state index in [0.29, 0.717) is 5.02 Å². The highest BCUT2D eigenvalue weighted by atomic mass is 35.5. The molecule has 1 atom stereocenters. The fraction of sp³-hybridized carbons (Fsp3) is 0.625. The summed E-state index contributed by atoms with van der Waals surface area (Å²) in [6.45, 7) is 7.27. The van der Waals surface area contributed by atoms with Gasteiger partial charge in [-0.25, -0.2) is 0 Å². The van der Waals surface area contributed by atoms with Crippen LogP contribution in [0.5, 0.6) is 5.75 Å². The molecular weight excluding hydrogens is 258 g/mol. The van der Waals surface area contributed by atoms with E-state index in [9.17, 15) is 0 Å². The monoisotopic (exact) mass is 283 g/mol. The first-order valence-corrected chi connectivity index (χ1v) is 7.57. The lowest BCUT2D eigenvalue weighted by Crippen LogP contribution is -2.21. The molecule has 0 bridgehead atoms. The second kappa shape index (κ2) is 8.44. The zero-order valence-electron chi connectivity index (χ0n) is 12.3. The summed E-state index contributed by atoms with van der Waals surface area (Å²) < 4.78 is 5.71. The molecule has 1 aromatic carbocycles. The third-order valence-electron chi connectivity index (χ3n) is 3.20. The summed E-state index contributed by atoms with van der Waals surface area (Å²) in [5, 5.41) is 0.686. The fourth-order valence-electron chi connectivity index (χ4n) is 1.91. The van der Waals surface area contributed by atoms with Crippen LogP contribution in [-0.2, 0) is 6.42 Å². The zero-order valence-corrected chi connectivity index (χ0v) is 13.0. The zero-order chi connectivity index (χ0) is 14.3. The van der Waals surface area contributed by atoms with Crippen LogP contribution in [0.15, 0.2) is 18.2 Å². The first kappa shape index (κ1) is 16.3. The first-order chi connectivity index (χ1) is 9.02. The molecule has 0 saturated heterocycles. The molecule has 1 aromatic rings. The maximum atomic E-state index is 6.23. The van der Waals surface area contributed by atoms with Crippen LogP contribution in [0, 0.1) is 5.92 Å². The Kier molecular flexibility index (Phi) is 7.25. The number of rotatable bonds is 8. The minimum absolute atomic E-state index is 0.203. The number of halogens is 1. The van der Waals surface area contributed by atoms with E-state index in [1.54, 1.807) is 0 Å². The molecule has 2 nitrogen and oxygen atoms in total. The van der Waals surface area contributed by atoms with Crippen molar-refractivity contribution in [3.05, 3.63) is 28.8 Å². The van der Waals surface area contributed by atoms with Gasteiger partial charge in [0.1, 0.15) is 5.75 Å². The van der Waals surface area contributed by atoms with E-state index in [1.807, 2.05) is 12.1 Å². The van der Waals surface area contributed by atoms with Crippen LogP contribution in [0.3, 0.4) is 0 Å². The molecule has 19 heavy (non-hydrogen) atoms. The third-order valence-corrected chi connectivity index (χ3v) is 3.50. The van der Waals surface area contributed by atoms with Crippen molar-refractivity contribution in [2.24, 2.45) is 11.7 Å². The molecule has 0 fully saturated rings. The summed E-state index contributed by atoms with van der Waals surface area (Å²) >= 11 is 6.23. The van der Waals surface area contributed by atoms with Gasteiger partial charge in [-0.3, -0.25) is 0 Å². The lowest BCUT2D eigenvalue weighted by atomic mass is 10.0. The average molecular weight is 284 g/mol. The number of nitrogens with two attached hydrogens (primary N) is 1. The van der Waals surface area contributed by atoms with E-state index in [2.05, 4.69) is 26.8 Å². The van der Waals surface area contributed by atoms with Crippen molar-refractivity contribution < 1.29 is 4.74 Å². The van der Waals surface area contributed by atoms with Crippen molar-refractivity contribution in [1.29, 1.82) is 0 Å². The molecular formula is C16H26ClNO. The molecule has 0 heterocycles. The van der Waals surface area contributed by atoms with E-state index < -0.39 is 0 Å². The summed E-state index contributed by atoms with van der Waals surface area (Å²) in [5.74, 6) is 1.50. The topological polar surface area (TPSA) is 35.2 Å². The molecule has 3 heteroatoms.